The van der Waals surface area contributed by atoms with E-state index in [-0.39, 0.29) is 0 Å². The Hall–Kier alpha value is -1.64. The first-order valence-corrected chi connectivity index (χ1v) is 7.72. The van der Waals surface area contributed by atoms with Gasteiger partial charge in [0.2, 0.25) is 0 Å². The van der Waals surface area contributed by atoms with Gasteiger partial charge >= 0.3 is 0 Å². The fraction of sp³-hybridized carbons (Fsp3) is 0.368. The van der Waals surface area contributed by atoms with Crippen LogP contribution in [0.25, 0.3) is 0 Å². The molecule has 21 heavy (non-hydrogen) atoms. The summed E-state index contributed by atoms with van der Waals surface area (Å²) < 4.78 is 0. The second kappa shape index (κ2) is 6.42. The molecule has 0 heterocycles. The van der Waals surface area contributed by atoms with Gasteiger partial charge in [-0.1, -0.05) is 60.7 Å². The van der Waals surface area contributed by atoms with Gasteiger partial charge in [-0.15, -0.1) is 0 Å². The van der Waals surface area contributed by atoms with Crippen LogP contribution in [0, 0.1) is 0 Å². The minimum absolute atomic E-state index is 0.693. The van der Waals surface area contributed by atoms with Gasteiger partial charge in [0, 0.05) is 25.2 Å². The highest BCUT2D eigenvalue weighted by atomic mass is 15.3. The van der Waals surface area contributed by atoms with Crippen LogP contribution in [0.1, 0.15) is 17.5 Å². The van der Waals surface area contributed by atoms with Crippen molar-refractivity contribution < 1.29 is 0 Å². The second-order valence-electron chi connectivity index (χ2n) is 6.17. The predicted molar refractivity (Wildman–Crippen MR) is 88.0 cm³/mol. The first-order valence-electron chi connectivity index (χ1n) is 7.72. The van der Waals surface area contributed by atoms with Crippen LogP contribution in [-0.4, -0.2) is 36.0 Å². The molecule has 110 valence electrons. The summed E-state index contributed by atoms with van der Waals surface area (Å²) in [5.41, 5.74) is 2.80. The maximum Gasteiger partial charge on any atom is 0.0268 e. The predicted octanol–water partition coefficient (Wildman–Crippen LogP) is 3.39. The molecule has 3 rings (SSSR count). The van der Waals surface area contributed by atoms with E-state index in [1.54, 1.807) is 0 Å². The SMILES string of the molecule is CN(Cc1ccccc1)C1CC1N(C)Cc1ccccc1. The second-order valence-corrected chi connectivity index (χ2v) is 6.17. The van der Waals surface area contributed by atoms with Gasteiger partial charge in [0.05, 0.1) is 0 Å². The molecule has 2 aromatic carbocycles. The van der Waals surface area contributed by atoms with Crippen LogP contribution in [-0.2, 0) is 13.1 Å². The van der Waals surface area contributed by atoms with Crippen molar-refractivity contribution in [1.82, 2.24) is 9.80 Å². The fourth-order valence-corrected chi connectivity index (χ4v) is 3.09. The van der Waals surface area contributed by atoms with Crippen LogP contribution in [0.4, 0.5) is 0 Å². The molecule has 1 aliphatic carbocycles. The smallest absolute Gasteiger partial charge is 0.0268 e. The van der Waals surface area contributed by atoms with E-state index in [0.29, 0.717) is 12.1 Å². The lowest BCUT2D eigenvalue weighted by Gasteiger charge is -2.21. The molecule has 0 spiro atoms. The van der Waals surface area contributed by atoms with Gasteiger partial charge in [0.25, 0.3) is 0 Å². The van der Waals surface area contributed by atoms with E-state index in [1.165, 1.54) is 17.5 Å². The fourth-order valence-electron chi connectivity index (χ4n) is 3.09. The molecule has 2 aromatic rings. The Morgan fingerprint density at radius 1 is 0.714 bits per heavy atom. The van der Waals surface area contributed by atoms with E-state index < -0.39 is 0 Å². The largest absolute Gasteiger partial charge is 0.298 e. The van der Waals surface area contributed by atoms with Crippen molar-refractivity contribution in [1.29, 1.82) is 0 Å². The summed E-state index contributed by atoms with van der Waals surface area (Å²) in [5, 5.41) is 0. The quantitative estimate of drug-likeness (QED) is 0.800. The van der Waals surface area contributed by atoms with Crippen molar-refractivity contribution in [3.63, 3.8) is 0 Å². The van der Waals surface area contributed by atoms with Crippen LogP contribution in [0.15, 0.2) is 60.7 Å². The average Bonchev–Trinajstić information content (AvgIpc) is 3.30. The molecular formula is C19H24N2. The van der Waals surface area contributed by atoms with Crippen LogP contribution in [0.3, 0.4) is 0 Å². The zero-order chi connectivity index (χ0) is 14.7. The topological polar surface area (TPSA) is 6.48 Å². The first kappa shape index (κ1) is 14.3. The van der Waals surface area contributed by atoms with Gasteiger partial charge in [-0.25, -0.2) is 0 Å². The third-order valence-electron chi connectivity index (χ3n) is 4.41. The normalized spacial score (nSPS) is 21.0. The number of nitrogens with zero attached hydrogens (tertiary/aromatic N) is 2. The van der Waals surface area contributed by atoms with E-state index in [2.05, 4.69) is 84.6 Å². The van der Waals surface area contributed by atoms with Crippen molar-refractivity contribution in [3.8, 4) is 0 Å². The first-order chi connectivity index (χ1) is 10.2. The van der Waals surface area contributed by atoms with E-state index >= 15 is 0 Å². The molecule has 0 aliphatic heterocycles. The number of hydrogen-bond donors (Lipinski definition) is 0. The van der Waals surface area contributed by atoms with Gasteiger partial charge in [0.15, 0.2) is 0 Å². The lowest BCUT2D eigenvalue weighted by atomic mass is 10.2. The molecule has 0 saturated heterocycles. The lowest BCUT2D eigenvalue weighted by molar-refractivity contribution is 0.242. The van der Waals surface area contributed by atoms with E-state index in [9.17, 15) is 0 Å². The highest BCUT2D eigenvalue weighted by molar-refractivity contribution is 5.17. The highest BCUT2D eigenvalue weighted by Gasteiger charge is 2.42. The molecule has 2 heteroatoms. The Morgan fingerprint density at radius 3 is 1.48 bits per heavy atom. The van der Waals surface area contributed by atoms with Crippen LogP contribution in [0.2, 0.25) is 0 Å². The molecule has 0 aromatic heterocycles. The van der Waals surface area contributed by atoms with Gasteiger partial charge in [0.1, 0.15) is 0 Å². The van der Waals surface area contributed by atoms with E-state index in [0.717, 1.165) is 13.1 Å². The molecule has 0 bridgehead atoms. The summed E-state index contributed by atoms with van der Waals surface area (Å²) in [6.07, 6.45) is 1.28. The van der Waals surface area contributed by atoms with Crippen LogP contribution in [0.5, 0.6) is 0 Å². The summed E-state index contributed by atoms with van der Waals surface area (Å²) in [6.45, 7) is 2.09. The average molecular weight is 280 g/mol. The number of benzene rings is 2. The Labute approximate surface area is 128 Å². The van der Waals surface area contributed by atoms with E-state index in [4.69, 9.17) is 0 Å². The van der Waals surface area contributed by atoms with Crippen molar-refractivity contribution in [2.75, 3.05) is 14.1 Å². The monoisotopic (exact) mass is 280 g/mol. The molecule has 1 saturated carbocycles. The van der Waals surface area contributed by atoms with Crippen LogP contribution < -0.4 is 0 Å². The van der Waals surface area contributed by atoms with Gasteiger partial charge < -0.3 is 0 Å². The standard InChI is InChI=1S/C19H24N2/c1-20(14-16-9-5-3-6-10-16)18-13-19(18)21(2)15-17-11-7-4-8-12-17/h3-12,18-19H,13-15H2,1-2H3. The molecule has 1 aliphatic rings. The Morgan fingerprint density at radius 2 is 1.10 bits per heavy atom. The molecule has 2 unspecified atom stereocenters. The van der Waals surface area contributed by atoms with Crippen molar-refractivity contribution in [2.45, 2.75) is 31.6 Å². The Kier molecular flexibility index (Phi) is 4.37. The Balaban J connectivity index is 1.51. The molecule has 0 radical (unpaired) electrons. The van der Waals surface area contributed by atoms with Gasteiger partial charge in [-0.2, -0.15) is 0 Å². The zero-order valence-electron chi connectivity index (χ0n) is 12.9. The third kappa shape index (κ3) is 3.72. The molecule has 0 amide bonds. The summed E-state index contributed by atoms with van der Waals surface area (Å²) in [7, 11) is 4.49. The van der Waals surface area contributed by atoms with Gasteiger partial charge in [-0.3, -0.25) is 9.80 Å². The summed E-state index contributed by atoms with van der Waals surface area (Å²) in [6, 6.07) is 22.9. The number of likely N-dealkylation sites (N-methyl/N-ethyl adjacent to an activating group) is 2. The number of hydrogen-bond acceptors (Lipinski definition) is 2. The number of rotatable bonds is 6. The molecule has 1 fully saturated rings. The molecule has 2 atom stereocenters. The maximum absolute atomic E-state index is 2.49. The summed E-state index contributed by atoms with van der Waals surface area (Å²) in [5.74, 6) is 0. The van der Waals surface area contributed by atoms with E-state index in [1.807, 2.05) is 0 Å². The molecular weight excluding hydrogens is 256 g/mol. The summed E-state index contributed by atoms with van der Waals surface area (Å²) >= 11 is 0. The minimum Gasteiger partial charge on any atom is -0.298 e. The highest BCUT2D eigenvalue weighted by Crippen LogP contribution is 2.33. The maximum atomic E-state index is 2.49. The molecule has 0 N–H and O–H groups in total. The summed E-state index contributed by atoms with van der Waals surface area (Å²) in [4.78, 5) is 4.98. The van der Waals surface area contributed by atoms with Gasteiger partial charge in [-0.05, 0) is 31.6 Å². The minimum atomic E-state index is 0.693. The lowest BCUT2D eigenvalue weighted by Crippen LogP contribution is -2.30. The third-order valence-corrected chi connectivity index (χ3v) is 4.41. The van der Waals surface area contributed by atoms with Crippen molar-refractivity contribution >= 4 is 0 Å². The van der Waals surface area contributed by atoms with Crippen molar-refractivity contribution in [3.05, 3.63) is 71.8 Å². The van der Waals surface area contributed by atoms with Crippen LogP contribution >= 0.6 is 0 Å². The Bertz CT molecular complexity index is 501. The zero-order valence-corrected chi connectivity index (χ0v) is 12.9. The van der Waals surface area contributed by atoms with Crippen molar-refractivity contribution in [2.24, 2.45) is 0 Å². The molecule has 2 nitrogen and oxygen atoms in total.